The lowest BCUT2D eigenvalue weighted by atomic mass is 9.97. The highest BCUT2D eigenvalue weighted by Crippen LogP contribution is 2.39. The monoisotopic (exact) mass is 230 g/mol. The predicted molar refractivity (Wildman–Crippen MR) is 72.6 cm³/mol. The van der Waals surface area contributed by atoms with Crippen LogP contribution in [0.25, 0.3) is 0 Å². The zero-order chi connectivity index (χ0) is 11.7. The average molecular weight is 230 g/mol. The van der Waals surface area contributed by atoms with Gasteiger partial charge in [0.2, 0.25) is 0 Å². The van der Waals surface area contributed by atoms with Gasteiger partial charge in [-0.25, -0.2) is 0 Å². The first kappa shape index (κ1) is 11.1. The Labute approximate surface area is 104 Å². The Bertz CT molecular complexity index is 394. The first-order valence-corrected chi connectivity index (χ1v) is 6.97. The first-order valence-electron chi connectivity index (χ1n) is 6.97. The number of aryl methyl sites for hydroxylation is 1. The Morgan fingerprint density at radius 3 is 2.76 bits per heavy atom. The predicted octanol–water partition coefficient (Wildman–Crippen LogP) is 2.67. The first-order chi connectivity index (χ1) is 8.40. The summed E-state index contributed by atoms with van der Waals surface area (Å²) in [5.74, 6) is 0.600. The number of piperidine rings is 1. The number of benzene rings is 1. The molecule has 3 rings (SSSR count). The molecule has 1 unspecified atom stereocenters. The third-order valence-electron chi connectivity index (χ3n) is 4.33. The number of hydrogen-bond donors (Lipinski definition) is 1. The number of anilines is 1. The molecule has 1 aromatic carbocycles. The fourth-order valence-corrected chi connectivity index (χ4v) is 3.41. The van der Waals surface area contributed by atoms with E-state index in [9.17, 15) is 0 Å². The van der Waals surface area contributed by atoms with Crippen molar-refractivity contribution in [1.82, 2.24) is 0 Å². The normalized spacial score (nSPS) is 23.8. The summed E-state index contributed by atoms with van der Waals surface area (Å²) in [5, 5.41) is 0. The van der Waals surface area contributed by atoms with E-state index in [1.165, 1.54) is 50.9 Å². The van der Waals surface area contributed by atoms with Crippen molar-refractivity contribution in [3.8, 4) is 0 Å². The summed E-state index contributed by atoms with van der Waals surface area (Å²) in [7, 11) is 0. The van der Waals surface area contributed by atoms with Gasteiger partial charge in [0.05, 0.1) is 0 Å². The van der Waals surface area contributed by atoms with Gasteiger partial charge < -0.3 is 10.6 Å². The second-order valence-electron chi connectivity index (χ2n) is 5.37. The Hall–Kier alpha value is -1.02. The summed E-state index contributed by atoms with van der Waals surface area (Å²) in [6, 6.07) is 6.82. The van der Waals surface area contributed by atoms with Crippen LogP contribution in [-0.2, 0) is 6.42 Å². The van der Waals surface area contributed by atoms with Crippen molar-refractivity contribution in [3.63, 3.8) is 0 Å². The van der Waals surface area contributed by atoms with E-state index in [4.69, 9.17) is 5.73 Å². The van der Waals surface area contributed by atoms with Crippen LogP contribution in [0.5, 0.6) is 0 Å². The Kier molecular flexibility index (Phi) is 3.06. The fourth-order valence-electron chi connectivity index (χ4n) is 3.41. The van der Waals surface area contributed by atoms with Crippen molar-refractivity contribution in [2.45, 2.75) is 38.0 Å². The standard InChI is InChI=1S/C15H22N2/c16-11-13-8-7-12-5-4-6-14(15(12)13)17-9-2-1-3-10-17/h4-6,13H,1-3,7-11,16H2. The summed E-state index contributed by atoms with van der Waals surface area (Å²) < 4.78 is 0. The molecule has 0 radical (unpaired) electrons. The van der Waals surface area contributed by atoms with E-state index in [1.807, 2.05) is 0 Å². The fraction of sp³-hybridized carbons (Fsp3) is 0.600. The molecule has 0 spiro atoms. The number of nitrogens with zero attached hydrogens (tertiary/aromatic N) is 1. The zero-order valence-electron chi connectivity index (χ0n) is 10.5. The third kappa shape index (κ3) is 1.95. The van der Waals surface area contributed by atoms with Crippen molar-refractivity contribution in [1.29, 1.82) is 0 Å². The molecule has 2 N–H and O–H groups in total. The van der Waals surface area contributed by atoms with E-state index < -0.39 is 0 Å². The molecule has 2 aliphatic rings. The largest absolute Gasteiger partial charge is 0.371 e. The SMILES string of the molecule is NCC1CCc2cccc(N3CCCCC3)c21. The van der Waals surface area contributed by atoms with Crippen LogP contribution in [-0.4, -0.2) is 19.6 Å². The van der Waals surface area contributed by atoms with E-state index in [0.29, 0.717) is 5.92 Å². The van der Waals surface area contributed by atoms with Crippen molar-refractivity contribution in [2.75, 3.05) is 24.5 Å². The maximum Gasteiger partial charge on any atom is 0.0404 e. The lowest BCUT2D eigenvalue weighted by Gasteiger charge is -2.31. The second kappa shape index (κ2) is 4.69. The minimum Gasteiger partial charge on any atom is -0.371 e. The molecule has 1 heterocycles. The van der Waals surface area contributed by atoms with Gasteiger partial charge in [0.15, 0.2) is 0 Å². The van der Waals surface area contributed by atoms with E-state index in [0.717, 1.165) is 6.54 Å². The van der Waals surface area contributed by atoms with Gasteiger partial charge in [-0.05, 0) is 61.8 Å². The topological polar surface area (TPSA) is 29.3 Å². The molecule has 2 heteroatoms. The summed E-state index contributed by atoms with van der Waals surface area (Å²) in [5.41, 5.74) is 10.5. The Morgan fingerprint density at radius 2 is 2.00 bits per heavy atom. The smallest absolute Gasteiger partial charge is 0.0404 e. The molecule has 92 valence electrons. The van der Waals surface area contributed by atoms with Crippen LogP contribution < -0.4 is 10.6 Å². The lowest BCUT2D eigenvalue weighted by molar-refractivity contribution is 0.574. The molecule has 0 bridgehead atoms. The van der Waals surface area contributed by atoms with Crippen LogP contribution in [0.2, 0.25) is 0 Å². The van der Waals surface area contributed by atoms with Crippen LogP contribution in [0.3, 0.4) is 0 Å². The van der Waals surface area contributed by atoms with Gasteiger partial charge in [0, 0.05) is 18.8 Å². The zero-order valence-corrected chi connectivity index (χ0v) is 10.5. The van der Waals surface area contributed by atoms with E-state index in [-0.39, 0.29) is 0 Å². The van der Waals surface area contributed by atoms with Crippen LogP contribution in [0.4, 0.5) is 5.69 Å². The molecule has 1 aliphatic carbocycles. The molecule has 17 heavy (non-hydrogen) atoms. The highest BCUT2D eigenvalue weighted by Gasteiger charge is 2.26. The average Bonchev–Trinajstić information content (AvgIpc) is 2.82. The summed E-state index contributed by atoms with van der Waals surface area (Å²) >= 11 is 0. The minimum absolute atomic E-state index is 0.600. The molecular formula is C15H22N2. The third-order valence-corrected chi connectivity index (χ3v) is 4.33. The molecule has 0 aromatic heterocycles. The molecule has 1 aliphatic heterocycles. The number of nitrogens with two attached hydrogens (primary N) is 1. The van der Waals surface area contributed by atoms with Crippen molar-refractivity contribution in [3.05, 3.63) is 29.3 Å². The Balaban J connectivity index is 1.96. The van der Waals surface area contributed by atoms with Crippen LogP contribution in [0.1, 0.15) is 42.7 Å². The van der Waals surface area contributed by atoms with E-state index >= 15 is 0 Å². The second-order valence-corrected chi connectivity index (χ2v) is 5.37. The number of hydrogen-bond acceptors (Lipinski definition) is 2. The number of rotatable bonds is 2. The van der Waals surface area contributed by atoms with Gasteiger partial charge in [0.1, 0.15) is 0 Å². The summed E-state index contributed by atoms with van der Waals surface area (Å²) in [4.78, 5) is 2.58. The maximum absolute atomic E-state index is 5.93. The molecule has 0 amide bonds. The van der Waals surface area contributed by atoms with Gasteiger partial charge in [-0.3, -0.25) is 0 Å². The van der Waals surface area contributed by atoms with Crippen LogP contribution >= 0.6 is 0 Å². The van der Waals surface area contributed by atoms with Gasteiger partial charge in [-0.15, -0.1) is 0 Å². The molecular weight excluding hydrogens is 208 g/mol. The van der Waals surface area contributed by atoms with E-state index in [1.54, 1.807) is 11.1 Å². The maximum atomic E-state index is 5.93. The summed E-state index contributed by atoms with van der Waals surface area (Å²) in [6.45, 7) is 3.26. The Morgan fingerprint density at radius 1 is 1.18 bits per heavy atom. The quantitative estimate of drug-likeness (QED) is 0.846. The van der Waals surface area contributed by atoms with Gasteiger partial charge in [-0.2, -0.15) is 0 Å². The van der Waals surface area contributed by atoms with Crippen molar-refractivity contribution < 1.29 is 0 Å². The lowest BCUT2D eigenvalue weighted by Crippen LogP contribution is -2.30. The van der Waals surface area contributed by atoms with Crippen LogP contribution in [0.15, 0.2) is 18.2 Å². The van der Waals surface area contributed by atoms with Crippen LogP contribution in [0, 0.1) is 0 Å². The van der Waals surface area contributed by atoms with Gasteiger partial charge in [0.25, 0.3) is 0 Å². The minimum atomic E-state index is 0.600. The number of fused-ring (bicyclic) bond motifs is 1. The molecule has 1 atom stereocenters. The van der Waals surface area contributed by atoms with Gasteiger partial charge >= 0.3 is 0 Å². The molecule has 1 saturated heterocycles. The molecule has 2 nitrogen and oxygen atoms in total. The molecule has 1 aromatic rings. The van der Waals surface area contributed by atoms with Gasteiger partial charge in [-0.1, -0.05) is 12.1 Å². The highest BCUT2D eigenvalue weighted by molar-refractivity contribution is 5.60. The van der Waals surface area contributed by atoms with E-state index in [2.05, 4.69) is 23.1 Å². The van der Waals surface area contributed by atoms with Crippen molar-refractivity contribution >= 4 is 5.69 Å². The molecule has 1 fully saturated rings. The highest BCUT2D eigenvalue weighted by atomic mass is 15.1. The molecule has 0 saturated carbocycles. The van der Waals surface area contributed by atoms with Crippen molar-refractivity contribution in [2.24, 2.45) is 5.73 Å². The summed E-state index contributed by atoms with van der Waals surface area (Å²) in [6.07, 6.45) is 6.55.